The van der Waals surface area contributed by atoms with Crippen molar-refractivity contribution in [3.05, 3.63) is 71.8 Å². The van der Waals surface area contributed by atoms with Crippen LogP contribution in [0.1, 0.15) is 0 Å². The molecule has 0 heterocycles. The molecule has 0 saturated carbocycles. The summed E-state index contributed by atoms with van der Waals surface area (Å²) in [4.78, 5) is 13.8. The number of ether oxygens (including phenoxy) is 2. The zero-order valence-electron chi connectivity index (χ0n) is 14.5. The van der Waals surface area contributed by atoms with E-state index in [9.17, 15) is 4.79 Å². The Morgan fingerprint density at radius 3 is 2.38 bits per heavy atom. The van der Waals surface area contributed by atoms with Crippen LogP contribution < -0.4 is 9.47 Å². The van der Waals surface area contributed by atoms with Crippen molar-refractivity contribution in [3.8, 4) is 11.5 Å². The molecule has 0 aliphatic rings. The quantitative estimate of drug-likeness (QED) is 0.619. The number of amides is 1. The maximum atomic E-state index is 12.2. The van der Waals surface area contributed by atoms with E-state index in [4.69, 9.17) is 21.1 Å². The van der Waals surface area contributed by atoms with Crippen molar-refractivity contribution in [2.24, 2.45) is 0 Å². The molecular weight excluding hydrogens is 350 g/mol. The maximum Gasteiger partial charge on any atom is 0.260 e. The fourth-order valence-corrected chi connectivity index (χ4v) is 2.59. The van der Waals surface area contributed by atoms with E-state index in [1.165, 1.54) is 0 Å². The van der Waals surface area contributed by atoms with Crippen LogP contribution in [0.3, 0.4) is 0 Å². The van der Waals surface area contributed by atoms with Crippen LogP contribution in [0.4, 0.5) is 0 Å². The molecule has 0 unspecified atom stereocenters. The number of hydrogen-bond donors (Lipinski definition) is 0. The predicted octanol–water partition coefficient (Wildman–Crippen LogP) is 4.41. The van der Waals surface area contributed by atoms with E-state index in [0.717, 1.165) is 16.5 Å². The van der Waals surface area contributed by atoms with Crippen LogP contribution in [0.15, 0.2) is 66.7 Å². The van der Waals surface area contributed by atoms with E-state index < -0.39 is 0 Å². The van der Waals surface area contributed by atoms with Gasteiger partial charge in [-0.1, -0.05) is 41.9 Å². The molecule has 1 amide bonds. The average Bonchev–Trinajstić information content (AvgIpc) is 2.67. The van der Waals surface area contributed by atoms with Crippen molar-refractivity contribution in [1.29, 1.82) is 0 Å². The van der Waals surface area contributed by atoms with Crippen LogP contribution in [0.25, 0.3) is 10.8 Å². The van der Waals surface area contributed by atoms with Gasteiger partial charge in [-0.05, 0) is 47.2 Å². The topological polar surface area (TPSA) is 38.8 Å². The number of rotatable bonds is 7. The molecule has 3 aromatic carbocycles. The van der Waals surface area contributed by atoms with Crippen LogP contribution in [0.2, 0.25) is 5.02 Å². The van der Waals surface area contributed by atoms with Crippen LogP contribution in [-0.4, -0.2) is 37.6 Å². The van der Waals surface area contributed by atoms with E-state index >= 15 is 0 Å². The molecule has 0 N–H and O–H groups in total. The fraction of sp³-hybridized carbons (Fsp3) is 0.190. The number of carbonyl (C=O) groups excluding carboxylic acids is 1. The monoisotopic (exact) mass is 369 g/mol. The third-order valence-corrected chi connectivity index (χ3v) is 4.27. The predicted molar refractivity (Wildman–Crippen MR) is 104 cm³/mol. The first-order valence-electron chi connectivity index (χ1n) is 8.36. The summed E-state index contributed by atoms with van der Waals surface area (Å²) < 4.78 is 11.2. The number of halogens is 1. The van der Waals surface area contributed by atoms with Crippen LogP contribution in [0, 0.1) is 0 Å². The summed E-state index contributed by atoms with van der Waals surface area (Å²) >= 11 is 5.83. The third-order valence-electron chi connectivity index (χ3n) is 4.02. The van der Waals surface area contributed by atoms with Gasteiger partial charge in [-0.15, -0.1) is 0 Å². The van der Waals surface area contributed by atoms with E-state index in [1.54, 1.807) is 36.2 Å². The highest BCUT2D eigenvalue weighted by Gasteiger charge is 2.10. The zero-order chi connectivity index (χ0) is 18.4. The van der Waals surface area contributed by atoms with Crippen molar-refractivity contribution in [3.63, 3.8) is 0 Å². The van der Waals surface area contributed by atoms with E-state index in [2.05, 4.69) is 0 Å². The number of benzene rings is 3. The van der Waals surface area contributed by atoms with Crippen molar-refractivity contribution in [2.45, 2.75) is 0 Å². The molecule has 0 aliphatic heterocycles. The van der Waals surface area contributed by atoms with Gasteiger partial charge in [0.15, 0.2) is 6.61 Å². The Labute approximate surface area is 157 Å². The Bertz CT molecular complexity index is 880. The lowest BCUT2D eigenvalue weighted by atomic mass is 10.1. The van der Waals surface area contributed by atoms with Crippen molar-refractivity contribution in [2.75, 3.05) is 26.8 Å². The summed E-state index contributed by atoms with van der Waals surface area (Å²) in [6.07, 6.45) is 0. The van der Waals surface area contributed by atoms with Gasteiger partial charge < -0.3 is 14.4 Å². The summed E-state index contributed by atoms with van der Waals surface area (Å²) in [6, 6.07) is 21.0. The lowest BCUT2D eigenvalue weighted by molar-refractivity contribution is -0.132. The van der Waals surface area contributed by atoms with Gasteiger partial charge in [-0.3, -0.25) is 4.79 Å². The molecule has 0 bridgehead atoms. The van der Waals surface area contributed by atoms with Gasteiger partial charge in [0.1, 0.15) is 18.1 Å². The molecule has 0 aromatic heterocycles. The summed E-state index contributed by atoms with van der Waals surface area (Å²) in [5.74, 6) is 1.31. The average molecular weight is 370 g/mol. The zero-order valence-corrected chi connectivity index (χ0v) is 15.3. The largest absolute Gasteiger partial charge is 0.492 e. The summed E-state index contributed by atoms with van der Waals surface area (Å²) in [6.45, 7) is 0.873. The standard InChI is InChI=1S/C21H20ClNO3/c1-23(12-13-25-19-10-7-18(22)8-11-19)21(24)15-26-20-9-6-16-4-2-3-5-17(16)14-20/h2-11,14H,12-13,15H2,1H3. The first kappa shape index (κ1) is 18.1. The SMILES string of the molecule is CN(CCOc1ccc(Cl)cc1)C(=O)COc1ccc2ccccc2c1. The lowest BCUT2D eigenvalue weighted by Crippen LogP contribution is -2.34. The van der Waals surface area contributed by atoms with E-state index in [1.807, 2.05) is 42.5 Å². The smallest absolute Gasteiger partial charge is 0.260 e. The van der Waals surface area contributed by atoms with Gasteiger partial charge in [0.25, 0.3) is 5.91 Å². The Kier molecular flexibility index (Phi) is 5.97. The molecule has 5 heteroatoms. The highest BCUT2D eigenvalue weighted by molar-refractivity contribution is 6.30. The van der Waals surface area contributed by atoms with Crippen molar-refractivity contribution >= 4 is 28.3 Å². The number of hydrogen-bond acceptors (Lipinski definition) is 3. The normalized spacial score (nSPS) is 10.5. The molecule has 3 aromatic rings. The molecule has 4 nitrogen and oxygen atoms in total. The minimum Gasteiger partial charge on any atom is -0.492 e. The molecule has 134 valence electrons. The molecule has 0 atom stereocenters. The minimum atomic E-state index is -0.0992. The molecule has 0 saturated heterocycles. The Morgan fingerprint density at radius 1 is 0.923 bits per heavy atom. The highest BCUT2D eigenvalue weighted by atomic mass is 35.5. The third kappa shape index (κ3) is 4.90. The molecule has 0 aliphatic carbocycles. The summed E-state index contributed by atoms with van der Waals surface area (Å²) in [5.41, 5.74) is 0. The van der Waals surface area contributed by atoms with Crippen LogP contribution >= 0.6 is 11.6 Å². The molecule has 0 spiro atoms. The van der Waals surface area contributed by atoms with Gasteiger partial charge in [0.05, 0.1) is 6.54 Å². The second-order valence-corrected chi connectivity index (χ2v) is 6.35. The molecule has 3 rings (SSSR count). The Hall–Kier alpha value is -2.72. The molecule has 26 heavy (non-hydrogen) atoms. The van der Waals surface area contributed by atoms with Gasteiger partial charge in [0.2, 0.25) is 0 Å². The summed E-state index contributed by atoms with van der Waals surface area (Å²) in [7, 11) is 1.73. The first-order valence-corrected chi connectivity index (χ1v) is 8.73. The van der Waals surface area contributed by atoms with Crippen molar-refractivity contribution in [1.82, 2.24) is 4.90 Å². The minimum absolute atomic E-state index is 0.00418. The van der Waals surface area contributed by atoms with E-state index in [-0.39, 0.29) is 12.5 Å². The van der Waals surface area contributed by atoms with Crippen LogP contribution in [-0.2, 0) is 4.79 Å². The number of carbonyl (C=O) groups is 1. The van der Waals surface area contributed by atoms with Gasteiger partial charge in [-0.2, -0.15) is 0 Å². The molecule has 0 radical (unpaired) electrons. The lowest BCUT2D eigenvalue weighted by Gasteiger charge is -2.18. The van der Waals surface area contributed by atoms with Gasteiger partial charge in [-0.25, -0.2) is 0 Å². The van der Waals surface area contributed by atoms with Crippen LogP contribution in [0.5, 0.6) is 11.5 Å². The van der Waals surface area contributed by atoms with Crippen molar-refractivity contribution < 1.29 is 14.3 Å². The fourth-order valence-electron chi connectivity index (χ4n) is 2.47. The Balaban J connectivity index is 1.45. The molecule has 0 fully saturated rings. The van der Waals surface area contributed by atoms with Gasteiger partial charge >= 0.3 is 0 Å². The number of nitrogens with zero attached hydrogens (tertiary/aromatic N) is 1. The second kappa shape index (κ2) is 8.59. The summed E-state index contributed by atoms with van der Waals surface area (Å²) in [5, 5.41) is 2.89. The highest BCUT2D eigenvalue weighted by Crippen LogP contribution is 2.20. The molecular formula is C21H20ClNO3. The number of fused-ring (bicyclic) bond motifs is 1. The Morgan fingerprint density at radius 2 is 1.62 bits per heavy atom. The van der Waals surface area contributed by atoms with Gasteiger partial charge in [0, 0.05) is 12.1 Å². The first-order chi connectivity index (χ1) is 12.6. The van der Waals surface area contributed by atoms with E-state index in [0.29, 0.717) is 23.9 Å². The maximum absolute atomic E-state index is 12.2. The number of likely N-dealkylation sites (N-methyl/N-ethyl adjacent to an activating group) is 1. The second-order valence-electron chi connectivity index (χ2n) is 5.92.